The van der Waals surface area contributed by atoms with E-state index in [1.807, 2.05) is 18.5 Å². The van der Waals surface area contributed by atoms with Gasteiger partial charge in [0.1, 0.15) is 5.69 Å². The Balaban J connectivity index is 1.69. The second-order valence-corrected chi connectivity index (χ2v) is 6.20. The molecule has 3 fully saturated rings. The third-order valence-corrected chi connectivity index (χ3v) is 5.33. The molecule has 3 aliphatic rings. The van der Waals surface area contributed by atoms with Gasteiger partial charge in [0, 0.05) is 32.2 Å². The Morgan fingerprint density at radius 3 is 2.47 bits per heavy atom. The monoisotopic (exact) mass is 260 g/mol. The van der Waals surface area contributed by atoms with Gasteiger partial charge in [-0.05, 0) is 31.6 Å². The molecule has 1 aromatic heterocycles. The van der Waals surface area contributed by atoms with Crippen LogP contribution in [-0.2, 0) is 7.05 Å². The number of fused-ring (bicyclic) bond motifs is 5. The fraction of sp³-hybridized carbons (Fsp3) is 0.714. The molecule has 102 valence electrons. The fourth-order valence-electron chi connectivity index (χ4n) is 4.54. The van der Waals surface area contributed by atoms with E-state index in [0.717, 1.165) is 24.5 Å². The van der Waals surface area contributed by atoms with Crippen molar-refractivity contribution in [2.75, 3.05) is 13.1 Å². The van der Waals surface area contributed by atoms with Gasteiger partial charge in [0.25, 0.3) is 5.91 Å². The summed E-state index contributed by atoms with van der Waals surface area (Å²) in [4.78, 5) is 19.3. The maximum atomic E-state index is 12.9. The number of amides is 1. The first-order chi connectivity index (χ1) is 9.18. The summed E-state index contributed by atoms with van der Waals surface area (Å²) in [6, 6.07) is 0.901. The summed E-state index contributed by atoms with van der Waals surface area (Å²) in [5, 5.41) is 3.49. The van der Waals surface area contributed by atoms with Gasteiger partial charge in [-0.15, -0.1) is 0 Å². The molecule has 0 aliphatic carbocycles. The molecule has 3 aliphatic heterocycles. The zero-order valence-electron chi connectivity index (χ0n) is 11.5. The quantitative estimate of drug-likeness (QED) is 0.802. The van der Waals surface area contributed by atoms with E-state index in [4.69, 9.17) is 0 Å². The highest BCUT2D eigenvalue weighted by Gasteiger charge is 2.56. The normalized spacial score (nSPS) is 36.0. The Kier molecular flexibility index (Phi) is 2.31. The molecule has 0 radical (unpaired) electrons. The lowest BCUT2D eigenvalue weighted by Gasteiger charge is -2.25. The van der Waals surface area contributed by atoms with Crippen molar-refractivity contribution in [1.29, 1.82) is 0 Å². The standard InChI is InChI=1S/C14H20N4O/c1-8-13(17(2)7-16-8)14(19)18-11-3-4-12(18)10-6-15-5-9(10)11/h7,9-12,15H,3-6H2,1-2H3/t9-,10+,11-,12+. The summed E-state index contributed by atoms with van der Waals surface area (Å²) >= 11 is 0. The van der Waals surface area contributed by atoms with E-state index in [-0.39, 0.29) is 5.91 Å². The van der Waals surface area contributed by atoms with Crippen LogP contribution < -0.4 is 5.32 Å². The van der Waals surface area contributed by atoms with Crippen LogP contribution in [0.5, 0.6) is 0 Å². The van der Waals surface area contributed by atoms with E-state index in [9.17, 15) is 4.79 Å². The van der Waals surface area contributed by atoms with E-state index < -0.39 is 0 Å². The molecule has 1 aromatic rings. The summed E-state index contributed by atoms with van der Waals surface area (Å²) in [5.74, 6) is 1.55. The summed E-state index contributed by atoms with van der Waals surface area (Å²) in [6.07, 6.45) is 4.09. The van der Waals surface area contributed by atoms with Crippen molar-refractivity contribution in [2.24, 2.45) is 18.9 Å². The number of hydrogen-bond donors (Lipinski definition) is 1. The predicted octanol–water partition coefficient (Wildman–Crippen LogP) is 0.551. The molecule has 5 heteroatoms. The first-order valence-electron chi connectivity index (χ1n) is 7.20. The number of rotatable bonds is 1. The highest BCUT2D eigenvalue weighted by atomic mass is 16.2. The van der Waals surface area contributed by atoms with E-state index >= 15 is 0 Å². The SMILES string of the molecule is Cc1ncn(C)c1C(=O)N1[C@@H]2CC[C@H]1[C@H]1CNC[C@H]12. The fourth-order valence-corrected chi connectivity index (χ4v) is 4.54. The number of nitrogens with zero attached hydrogens (tertiary/aromatic N) is 3. The second-order valence-electron chi connectivity index (χ2n) is 6.20. The minimum Gasteiger partial charge on any atom is -0.331 e. The summed E-state index contributed by atoms with van der Waals surface area (Å²) in [7, 11) is 1.91. The Morgan fingerprint density at radius 2 is 1.95 bits per heavy atom. The van der Waals surface area contributed by atoms with E-state index in [0.29, 0.717) is 23.9 Å². The predicted molar refractivity (Wildman–Crippen MR) is 70.8 cm³/mol. The molecule has 19 heavy (non-hydrogen) atoms. The molecule has 4 rings (SSSR count). The van der Waals surface area contributed by atoms with Gasteiger partial charge in [-0.1, -0.05) is 0 Å². The van der Waals surface area contributed by atoms with Gasteiger partial charge in [-0.25, -0.2) is 4.98 Å². The van der Waals surface area contributed by atoms with E-state index in [1.54, 1.807) is 6.33 Å². The zero-order chi connectivity index (χ0) is 13.1. The third kappa shape index (κ3) is 1.39. The molecule has 0 unspecified atom stereocenters. The molecule has 1 N–H and O–H groups in total. The molecular weight excluding hydrogens is 240 g/mol. The molecule has 5 nitrogen and oxygen atoms in total. The molecule has 0 spiro atoms. The van der Waals surface area contributed by atoms with Crippen LogP contribution in [0, 0.1) is 18.8 Å². The van der Waals surface area contributed by atoms with Crippen LogP contribution in [-0.4, -0.2) is 45.5 Å². The highest BCUT2D eigenvalue weighted by Crippen LogP contribution is 2.47. The summed E-state index contributed by atoms with van der Waals surface area (Å²) in [6.45, 7) is 4.09. The summed E-state index contributed by atoms with van der Waals surface area (Å²) < 4.78 is 1.86. The number of nitrogens with one attached hydrogen (secondary N) is 1. The molecule has 0 saturated carbocycles. The first-order valence-corrected chi connectivity index (χ1v) is 7.20. The Hall–Kier alpha value is -1.36. The van der Waals surface area contributed by atoms with Crippen molar-refractivity contribution in [1.82, 2.24) is 19.8 Å². The molecule has 3 saturated heterocycles. The lowest BCUT2D eigenvalue weighted by molar-refractivity contribution is 0.0699. The molecule has 1 amide bonds. The van der Waals surface area contributed by atoms with Crippen molar-refractivity contribution in [3.63, 3.8) is 0 Å². The van der Waals surface area contributed by atoms with Crippen molar-refractivity contribution in [3.8, 4) is 0 Å². The van der Waals surface area contributed by atoms with Crippen LogP contribution in [0.25, 0.3) is 0 Å². The smallest absolute Gasteiger partial charge is 0.272 e. The number of carbonyl (C=O) groups excluding carboxylic acids is 1. The lowest BCUT2D eigenvalue weighted by Crippen LogP contribution is -2.40. The minimum atomic E-state index is 0.194. The van der Waals surface area contributed by atoms with Crippen molar-refractivity contribution < 1.29 is 4.79 Å². The zero-order valence-corrected chi connectivity index (χ0v) is 11.5. The van der Waals surface area contributed by atoms with Gasteiger partial charge < -0.3 is 14.8 Å². The second kappa shape index (κ2) is 3.82. The molecule has 0 aromatic carbocycles. The third-order valence-electron chi connectivity index (χ3n) is 5.33. The van der Waals surface area contributed by atoms with Crippen molar-refractivity contribution in [3.05, 3.63) is 17.7 Å². The lowest BCUT2D eigenvalue weighted by atomic mass is 9.82. The first kappa shape index (κ1) is 11.5. The maximum absolute atomic E-state index is 12.9. The average Bonchev–Trinajstić information content (AvgIpc) is 3.09. The van der Waals surface area contributed by atoms with Gasteiger partial charge in [-0.2, -0.15) is 0 Å². The van der Waals surface area contributed by atoms with Gasteiger partial charge in [0.2, 0.25) is 0 Å². The number of aromatic nitrogens is 2. The summed E-state index contributed by atoms with van der Waals surface area (Å²) in [5.41, 5.74) is 1.62. The van der Waals surface area contributed by atoms with Gasteiger partial charge >= 0.3 is 0 Å². The van der Waals surface area contributed by atoms with Crippen molar-refractivity contribution >= 4 is 5.91 Å². The molecule has 2 bridgehead atoms. The topological polar surface area (TPSA) is 50.2 Å². The van der Waals surface area contributed by atoms with Gasteiger partial charge in [0.05, 0.1) is 12.0 Å². The van der Waals surface area contributed by atoms with Gasteiger partial charge in [-0.3, -0.25) is 4.79 Å². The largest absolute Gasteiger partial charge is 0.331 e. The highest BCUT2D eigenvalue weighted by molar-refractivity contribution is 5.94. The number of carbonyl (C=O) groups is 1. The van der Waals surface area contributed by atoms with Gasteiger partial charge in [0.15, 0.2) is 0 Å². The van der Waals surface area contributed by atoms with Crippen molar-refractivity contribution in [2.45, 2.75) is 31.8 Å². The van der Waals surface area contributed by atoms with E-state index in [2.05, 4.69) is 15.2 Å². The minimum absolute atomic E-state index is 0.194. The maximum Gasteiger partial charge on any atom is 0.272 e. The van der Waals surface area contributed by atoms with Crippen LogP contribution in [0.3, 0.4) is 0 Å². The van der Waals surface area contributed by atoms with E-state index in [1.165, 1.54) is 12.8 Å². The van der Waals surface area contributed by atoms with Crippen LogP contribution in [0.1, 0.15) is 29.0 Å². The number of hydrogen-bond acceptors (Lipinski definition) is 3. The molecule has 4 heterocycles. The molecular formula is C14H20N4O. The van der Waals surface area contributed by atoms with Crippen LogP contribution >= 0.6 is 0 Å². The number of imidazole rings is 1. The van der Waals surface area contributed by atoms with Crippen LogP contribution in [0.15, 0.2) is 6.33 Å². The Labute approximate surface area is 113 Å². The Morgan fingerprint density at radius 1 is 1.32 bits per heavy atom. The number of aryl methyl sites for hydroxylation is 2. The Bertz CT molecular complexity index is 500. The van der Waals surface area contributed by atoms with Crippen LogP contribution in [0.4, 0.5) is 0 Å². The molecule has 4 atom stereocenters. The van der Waals surface area contributed by atoms with Crippen LogP contribution in [0.2, 0.25) is 0 Å². The average molecular weight is 260 g/mol.